The molecule has 16 heavy (non-hydrogen) atoms. The Morgan fingerprint density at radius 2 is 1.75 bits per heavy atom. The van der Waals surface area contributed by atoms with Gasteiger partial charge in [-0.1, -0.05) is 13.8 Å². The lowest BCUT2D eigenvalue weighted by Crippen LogP contribution is -2.19. The topological polar surface area (TPSA) is 62.7 Å². The van der Waals surface area contributed by atoms with E-state index >= 15 is 0 Å². The van der Waals surface area contributed by atoms with Crippen molar-refractivity contribution in [2.24, 2.45) is 0 Å². The molecule has 0 amide bonds. The molecule has 0 saturated heterocycles. The van der Waals surface area contributed by atoms with Gasteiger partial charge in [-0.25, -0.2) is 0 Å². The van der Waals surface area contributed by atoms with Crippen LogP contribution in [-0.2, 0) is 0 Å². The van der Waals surface area contributed by atoms with Crippen molar-refractivity contribution in [3.63, 3.8) is 0 Å². The van der Waals surface area contributed by atoms with Gasteiger partial charge in [0.25, 0.3) is 0 Å². The first-order chi connectivity index (χ1) is 7.65. The van der Waals surface area contributed by atoms with E-state index in [0.717, 1.165) is 18.7 Å². The largest absolute Gasteiger partial charge is 0.366 e. The highest BCUT2D eigenvalue weighted by atomic mass is 15.3. The fraction of sp³-hybridized carbons (Fsp3) is 0.727. The summed E-state index contributed by atoms with van der Waals surface area (Å²) >= 11 is 0. The van der Waals surface area contributed by atoms with E-state index in [4.69, 9.17) is 0 Å². The lowest BCUT2D eigenvalue weighted by atomic mass is 10.3. The van der Waals surface area contributed by atoms with Gasteiger partial charge in [-0.05, 0) is 26.7 Å². The predicted molar refractivity (Wildman–Crippen MR) is 66.6 cm³/mol. The molecule has 0 spiro atoms. The summed E-state index contributed by atoms with van der Waals surface area (Å²) in [5.74, 6) is 1.36. The van der Waals surface area contributed by atoms with E-state index < -0.39 is 0 Å². The minimum atomic E-state index is 0.362. The average molecular weight is 223 g/mol. The second-order valence-corrected chi connectivity index (χ2v) is 4.07. The van der Waals surface area contributed by atoms with Crippen molar-refractivity contribution in [1.29, 1.82) is 0 Å². The Kier molecular flexibility index (Phi) is 4.95. The number of rotatable bonds is 6. The van der Waals surface area contributed by atoms with Crippen LogP contribution in [0.5, 0.6) is 0 Å². The van der Waals surface area contributed by atoms with Gasteiger partial charge in [0.05, 0.1) is 6.20 Å². The van der Waals surface area contributed by atoms with Crippen LogP contribution >= 0.6 is 0 Å². The maximum Gasteiger partial charge on any atom is 0.244 e. The van der Waals surface area contributed by atoms with Crippen LogP contribution in [-0.4, -0.2) is 27.3 Å². The molecule has 1 rings (SSSR count). The summed E-state index contributed by atoms with van der Waals surface area (Å²) in [6.45, 7) is 8.46. The Hall–Kier alpha value is -1.39. The lowest BCUT2D eigenvalue weighted by Gasteiger charge is -2.14. The van der Waals surface area contributed by atoms with Crippen molar-refractivity contribution < 1.29 is 0 Å². The van der Waals surface area contributed by atoms with Gasteiger partial charge in [0.2, 0.25) is 5.95 Å². The first kappa shape index (κ1) is 12.7. The second-order valence-electron chi connectivity index (χ2n) is 4.07. The summed E-state index contributed by atoms with van der Waals surface area (Å²) in [5.41, 5.74) is 0. The van der Waals surface area contributed by atoms with Crippen molar-refractivity contribution >= 4 is 11.8 Å². The van der Waals surface area contributed by atoms with Gasteiger partial charge in [0.1, 0.15) is 0 Å². The second kappa shape index (κ2) is 6.25. The molecular formula is C11H21N5. The molecule has 0 aliphatic rings. The van der Waals surface area contributed by atoms with Crippen molar-refractivity contribution in [2.45, 2.75) is 52.6 Å². The van der Waals surface area contributed by atoms with Crippen LogP contribution in [0.3, 0.4) is 0 Å². The summed E-state index contributed by atoms with van der Waals surface area (Å²) in [7, 11) is 0. The summed E-state index contributed by atoms with van der Waals surface area (Å²) in [4.78, 5) is 4.35. The molecule has 5 heteroatoms. The summed E-state index contributed by atoms with van der Waals surface area (Å²) in [6, 6.07) is 0.758. The monoisotopic (exact) mass is 223 g/mol. The van der Waals surface area contributed by atoms with Gasteiger partial charge in [0, 0.05) is 12.1 Å². The zero-order valence-electron chi connectivity index (χ0n) is 10.5. The van der Waals surface area contributed by atoms with Gasteiger partial charge in [-0.3, -0.25) is 0 Å². The molecule has 0 radical (unpaired) electrons. The average Bonchev–Trinajstić information content (AvgIpc) is 2.29. The van der Waals surface area contributed by atoms with Crippen molar-refractivity contribution in [1.82, 2.24) is 15.2 Å². The van der Waals surface area contributed by atoms with E-state index in [-0.39, 0.29) is 0 Å². The smallest absolute Gasteiger partial charge is 0.244 e. The molecule has 0 saturated carbocycles. The highest BCUT2D eigenvalue weighted by Gasteiger charge is 2.05. The molecule has 1 aromatic rings. The highest BCUT2D eigenvalue weighted by molar-refractivity contribution is 5.37. The van der Waals surface area contributed by atoms with Crippen molar-refractivity contribution in [2.75, 3.05) is 10.6 Å². The fourth-order valence-electron chi connectivity index (χ4n) is 1.11. The van der Waals surface area contributed by atoms with Gasteiger partial charge in [-0.2, -0.15) is 10.1 Å². The zero-order valence-corrected chi connectivity index (χ0v) is 10.5. The molecule has 1 aromatic heterocycles. The van der Waals surface area contributed by atoms with Crippen LogP contribution in [0, 0.1) is 0 Å². The van der Waals surface area contributed by atoms with Crippen molar-refractivity contribution in [3.8, 4) is 0 Å². The molecular weight excluding hydrogens is 202 g/mol. The van der Waals surface area contributed by atoms with Gasteiger partial charge in [0.15, 0.2) is 5.82 Å². The number of anilines is 2. The Morgan fingerprint density at radius 3 is 2.38 bits per heavy atom. The molecule has 2 atom stereocenters. The maximum absolute atomic E-state index is 4.35. The highest BCUT2D eigenvalue weighted by Crippen LogP contribution is 2.08. The summed E-state index contributed by atoms with van der Waals surface area (Å²) < 4.78 is 0. The third-order valence-electron chi connectivity index (χ3n) is 2.55. The maximum atomic E-state index is 4.35. The molecule has 2 N–H and O–H groups in total. The number of hydrogen-bond acceptors (Lipinski definition) is 5. The predicted octanol–water partition coefficient (Wildman–Crippen LogP) is 2.29. The minimum Gasteiger partial charge on any atom is -0.366 e. The van der Waals surface area contributed by atoms with E-state index in [1.165, 1.54) is 0 Å². The summed E-state index contributed by atoms with van der Waals surface area (Å²) in [6.07, 6.45) is 3.73. The van der Waals surface area contributed by atoms with Crippen molar-refractivity contribution in [3.05, 3.63) is 6.20 Å². The van der Waals surface area contributed by atoms with Crippen LogP contribution in [0.1, 0.15) is 40.5 Å². The number of nitrogens with zero attached hydrogens (tertiary/aromatic N) is 3. The first-order valence-electron chi connectivity index (χ1n) is 5.88. The normalized spacial score (nSPS) is 14.2. The fourth-order valence-corrected chi connectivity index (χ4v) is 1.11. The number of aromatic nitrogens is 3. The van der Waals surface area contributed by atoms with E-state index in [0.29, 0.717) is 18.0 Å². The molecule has 2 unspecified atom stereocenters. The third-order valence-corrected chi connectivity index (χ3v) is 2.55. The van der Waals surface area contributed by atoms with E-state index in [1.807, 2.05) is 0 Å². The molecule has 1 heterocycles. The zero-order chi connectivity index (χ0) is 12.0. The molecule has 90 valence electrons. The Balaban J connectivity index is 2.63. The Bertz CT molecular complexity index is 288. The number of hydrogen-bond donors (Lipinski definition) is 2. The number of nitrogens with one attached hydrogen (secondary N) is 2. The lowest BCUT2D eigenvalue weighted by molar-refractivity contribution is 0.737. The summed E-state index contributed by atoms with van der Waals surface area (Å²) in [5, 5.41) is 14.3. The van der Waals surface area contributed by atoms with Gasteiger partial charge in [-0.15, -0.1) is 5.10 Å². The SMILES string of the molecule is CCC(C)Nc1cnnc(NC(C)CC)n1. The third kappa shape index (κ3) is 4.00. The molecule has 0 fully saturated rings. The Labute approximate surface area is 97.1 Å². The van der Waals surface area contributed by atoms with Crippen LogP contribution in [0.4, 0.5) is 11.8 Å². The van der Waals surface area contributed by atoms with E-state index in [1.54, 1.807) is 6.20 Å². The molecule has 0 aliphatic carbocycles. The van der Waals surface area contributed by atoms with Gasteiger partial charge >= 0.3 is 0 Å². The van der Waals surface area contributed by atoms with E-state index in [2.05, 4.69) is 53.5 Å². The Morgan fingerprint density at radius 1 is 1.12 bits per heavy atom. The van der Waals surface area contributed by atoms with E-state index in [9.17, 15) is 0 Å². The van der Waals surface area contributed by atoms with Gasteiger partial charge < -0.3 is 10.6 Å². The first-order valence-corrected chi connectivity index (χ1v) is 5.88. The molecule has 5 nitrogen and oxygen atoms in total. The van der Waals surface area contributed by atoms with Crippen LogP contribution < -0.4 is 10.6 Å². The minimum absolute atomic E-state index is 0.362. The molecule has 0 aliphatic heterocycles. The van der Waals surface area contributed by atoms with Crippen LogP contribution in [0.2, 0.25) is 0 Å². The molecule has 0 bridgehead atoms. The quantitative estimate of drug-likeness (QED) is 0.774. The van der Waals surface area contributed by atoms with Crippen LogP contribution in [0.25, 0.3) is 0 Å². The standard InChI is InChI=1S/C11H21N5/c1-5-8(3)13-10-7-12-16-11(15-10)14-9(4)6-2/h7-9H,5-6H2,1-4H3,(H2,13,14,15,16). The van der Waals surface area contributed by atoms with Crippen LogP contribution in [0.15, 0.2) is 6.20 Å². The molecule has 0 aromatic carbocycles.